The average Bonchev–Trinajstić information content (AvgIpc) is 2.66. The smallest absolute Gasteiger partial charge is 0.127 e. The van der Waals surface area contributed by atoms with E-state index in [1.165, 1.54) is 0 Å². The molecule has 2 nitrogen and oxygen atoms in total. The number of allylic oxidation sites excluding steroid dienone is 1. The fourth-order valence-electron chi connectivity index (χ4n) is 2.46. The number of halogens is 2. The lowest BCUT2D eigenvalue weighted by Crippen LogP contribution is -1.97. The molecule has 0 aliphatic heterocycles. The van der Waals surface area contributed by atoms with Gasteiger partial charge in [0.1, 0.15) is 12.4 Å². The van der Waals surface area contributed by atoms with E-state index in [0.29, 0.717) is 28.0 Å². The largest absolute Gasteiger partial charge is 0.488 e. The van der Waals surface area contributed by atoms with Crippen molar-refractivity contribution >= 4 is 34.9 Å². The van der Waals surface area contributed by atoms with Crippen LogP contribution in [-0.2, 0) is 6.61 Å². The SMILES string of the molecule is N#C/C(=C/c1ccccc1OCc1ccc(Cl)cc1)c1cccc(Cl)c1. The van der Waals surface area contributed by atoms with Gasteiger partial charge in [0.25, 0.3) is 0 Å². The van der Waals surface area contributed by atoms with Crippen molar-refractivity contribution in [2.75, 3.05) is 0 Å². The summed E-state index contributed by atoms with van der Waals surface area (Å²) in [6.07, 6.45) is 1.81. The van der Waals surface area contributed by atoms with Crippen LogP contribution in [0.1, 0.15) is 16.7 Å². The van der Waals surface area contributed by atoms with Crippen molar-refractivity contribution in [1.29, 1.82) is 5.26 Å². The van der Waals surface area contributed by atoms with Crippen molar-refractivity contribution in [2.45, 2.75) is 6.61 Å². The van der Waals surface area contributed by atoms with Gasteiger partial charge in [-0.05, 0) is 47.5 Å². The Morgan fingerprint density at radius 2 is 1.69 bits per heavy atom. The molecule has 3 aromatic rings. The summed E-state index contributed by atoms with van der Waals surface area (Å²) >= 11 is 11.9. The summed E-state index contributed by atoms with van der Waals surface area (Å²) in [5, 5.41) is 10.8. The molecule has 0 aliphatic carbocycles. The van der Waals surface area contributed by atoms with Crippen LogP contribution in [0.5, 0.6) is 5.75 Å². The van der Waals surface area contributed by atoms with Gasteiger partial charge in [-0.3, -0.25) is 0 Å². The van der Waals surface area contributed by atoms with Crippen LogP contribution in [0.25, 0.3) is 11.6 Å². The van der Waals surface area contributed by atoms with Crippen LogP contribution < -0.4 is 4.74 Å². The lowest BCUT2D eigenvalue weighted by molar-refractivity contribution is 0.305. The number of hydrogen-bond donors (Lipinski definition) is 0. The maximum atomic E-state index is 9.54. The first-order valence-electron chi connectivity index (χ1n) is 8.00. The van der Waals surface area contributed by atoms with Gasteiger partial charge in [-0.2, -0.15) is 5.26 Å². The highest BCUT2D eigenvalue weighted by molar-refractivity contribution is 6.31. The van der Waals surface area contributed by atoms with E-state index < -0.39 is 0 Å². The molecule has 0 radical (unpaired) electrons. The van der Waals surface area contributed by atoms with Crippen LogP contribution in [0.3, 0.4) is 0 Å². The molecule has 0 atom stereocenters. The summed E-state index contributed by atoms with van der Waals surface area (Å²) in [7, 11) is 0. The third kappa shape index (κ3) is 4.67. The van der Waals surface area contributed by atoms with E-state index in [-0.39, 0.29) is 0 Å². The van der Waals surface area contributed by atoms with Gasteiger partial charge < -0.3 is 4.74 Å². The lowest BCUT2D eigenvalue weighted by Gasteiger charge is -2.10. The van der Waals surface area contributed by atoms with E-state index in [4.69, 9.17) is 27.9 Å². The zero-order valence-corrected chi connectivity index (χ0v) is 15.3. The average molecular weight is 380 g/mol. The predicted molar refractivity (Wildman–Crippen MR) is 107 cm³/mol. The molecule has 26 heavy (non-hydrogen) atoms. The van der Waals surface area contributed by atoms with Crippen LogP contribution in [-0.4, -0.2) is 0 Å². The first kappa shape index (κ1) is 18.1. The van der Waals surface area contributed by atoms with Crippen molar-refractivity contribution < 1.29 is 4.74 Å². The van der Waals surface area contributed by atoms with Gasteiger partial charge in [0.05, 0.1) is 11.6 Å². The van der Waals surface area contributed by atoms with Gasteiger partial charge in [0.15, 0.2) is 0 Å². The van der Waals surface area contributed by atoms with E-state index in [1.807, 2.05) is 66.7 Å². The number of hydrogen-bond acceptors (Lipinski definition) is 2. The van der Waals surface area contributed by atoms with Crippen LogP contribution in [0.2, 0.25) is 10.0 Å². The molecule has 0 spiro atoms. The van der Waals surface area contributed by atoms with E-state index >= 15 is 0 Å². The van der Waals surface area contributed by atoms with Crippen LogP contribution >= 0.6 is 23.2 Å². The zero-order chi connectivity index (χ0) is 18.4. The minimum Gasteiger partial charge on any atom is -0.488 e. The zero-order valence-electron chi connectivity index (χ0n) is 13.8. The van der Waals surface area contributed by atoms with Gasteiger partial charge in [-0.25, -0.2) is 0 Å². The second kappa shape index (κ2) is 8.58. The highest BCUT2D eigenvalue weighted by Crippen LogP contribution is 2.26. The van der Waals surface area contributed by atoms with Crippen LogP contribution in [0.15, 0.2) is 72.8 Å². The van der Waals surface area contributed by atoms with E-state index in [0.717, 1.165) is 16.7 Å². The van der Waals surface area contributed by atoms with Gasteiger partial charge in [-0.15, -0.1) is 0 Å². The van der Waals surface area contributed by atoms with Crippen molar-refractivity contribution in [1.82, 2.24) is 0 Å². The minimum absolute atomic E-state index is 0.418. The maximum Gasteiger partial charge on any atom is 0.127 e. The highest BCUT2D eigenvalue weighted by atomic mass is 35.5. The Balaban J connectivity index is 1.86. The Morgan fingerprint density at radius 3 is 2.42 bits per heavy atom. The molecule has 0 amide bonds. The third-order valence-electron chi connectivity index (χ3n) is 3.78. The molecule has 4 heteroatoms. The lowest BCUT2D eigenvalue weighted by atomic mass is 10.0. The van der Waals surface area contributed by atoms with E-state index in [9.17, 15) is 5.26 Å². The molecule has 3 rings (SSSR count). The van der Waals surface area contributed by atoms with Crippen molar-refractivity contribution in [2.24, 2.45) is 0 Å². The summed E-state index contributed by atoms with van der Waals surface area (Å²) in [6, 6.07) is 24.6. The molecule has 0 aliphatic rings. The Labute approximate surface area is 162 Å². The molecule has 0 unspecified atom stereocenters. The Hall–Kier alpha value is -2.73. The molecule has 0 heterocycles. The summed E-state index contributed by atoms with van der Waals surface area (Å²) < 4.78 is 5.94. The second-order valence-corrected chi connectivity index (χ2v) is 6.51. The Morgan fingerprint density at radius 1 is 0.923 bits per heavy atom. The molecule has 0 saturated heterocycles. The first-order valence-corrected chi connectivity index (χ1v) is 8.75. The monoisotopic (exact) mass is 379 g/mol. The first-order chi connectivity index (χ1) is 12.7. The second-order valence-electron chi connectivity index (χ2n) is 5.63. The number of benzene rings is 3. The normalized spacial score (nSPS) is 11.0. The summed E-state index contributed by atoms with van der Waals surface area (Å²) in [4.78, 5) is 0. The van der Waals surface area contributed by atoms with Gasteiger partial charge in [-0.1, -0.05) is 65.7 Å². The third-order valence-corrected chi connectivity index (χ3v) is 4.27. The predicted octanol–water partition coefficient (Wildman–Crippen LogP) is 6.64. The van der Waals surface area contributed by atoms with Crippen molar-refractivity contribution in [3.63, 3.8) is 0 Å². The van der Waals surface area contributed by atoms with Crippen molar-refractivity contribution in [3.8, 4) is 11.8 Å². The number of nitriles is 1. The molecule has 0 aromatic heterocycles. The molecule has 128 valence electrons. The van der Waals surface area contributed by atoms with E-state index in [2.05, 4.69) is 6.07 Å². The van der Waals surface area contributed by atoms with Gasteiger partial charge in [0, 0.05) is 15.6 Å². The molecule has 0 N–H and O–H groups in total. The summed E-state index contributed by atoms with van der Waals surface area (Å²) in [5.74, 6) is 0.706. The van der Waals surface area contributed by atoms with Gasteiger partial charge in [0.2, 0.25) is 0 Å². The maximum absolute atomic E-state index is 9.54. The molecule has 0 saturated carbocycles. The number of rotatable bonds is 5. The fraction of sp³-hybridized carbons (Fsp3) is 0.0455. The minimum atomic E-state index is 0.418. The quantitative estimate of drug-likeness (QED) is 0.367. The molecular formula is C22H15Cl2NO. The number of ether oxygens (including phenoxy) is 1. The number of para-hydroxylation sites is 1. The molecule has 0 fully saturated rings. The van der Waals surface area contributed by atoms with Crippen molar-refractivity contribution in [3.05, 3.63) is 99.5 Å². The summed E-state index contributed by atoms with van der Waals surface area (Å²) in [5.41, 5.74) is 3.14. The van der Waals surface area contributed by atoms with Gasteiger partial charge >= 0.3 is 0 Å². The van der Waals surface area contributed by atoms with Crippen LogP contribution in [0, 0.1) is 11.3 Å². The molecular weight excluding hydrogens is 365 g/mol. The fourth-order valence-corrected chi connectivity index (χ4v) is 2.78. The summed E-state index contributed by atoms with van der Waals surface area (Å²) in [6.45, 7) is 0.418. The number of nitrogens with zero attached hydrogens (tertiary/aromatic N) is 1. The highest BCUT2D eigenvalue weighted by Gasteiger charge is 2.06. The Bertz CT molecular complexity index is 972. The topological polar surface area (TPSA) is 33.0 Å². The van der Waals surface area contributed by atoms with E-state index in [1.54, 1.807) is 12.1 Å². The van der Waals surface area contributed by atoms with Crippen LogP contribution in [0.4, 0.5) is 0 Å². The molecule has 0 bridgehead atoms. The standard InChI is InChI=1S/C22H15Cl2NO/c23-20-10-8-16(9-11-20)15-26-22-7-2-1-4-18(22)12-19(14-25)17-5-3-6-21(24)13-17/h1-13H,15H2/b19-12-. The Kier molecular flexibility index (Phi) is 5.96. The molecule has 3 aromatic carbocycles.